The molecule has 0 bridgehead atoms. The average Bonchev–Trinajstić information content (AvgIpc) is 2.79. The third-order valence-corrected chi connectivity index (χ3v) is 2.64. The van der Waals surface area contributed by atoms with Gasteiger partial charge in [-0.15, -0.1) is 5.69 Å². The van der Waals surface area contributed by atoms with E-state index in [9.17, 15) is 0 Å². The van der Waals surface area contributed by atoms with Crippen molar-refractivity contribution in [1.29, 1.82) is 0 Å². The van der Waals surface area contributed by atoms with Gasteiger partial charge in [0.15, 0.2) is 11.5 Å². The number of rotatable bonds is 4. The van der Waals surface area contributed by atoms with Gasteiger partial charge in [0.1, 0.15) is 0 Å². The van der Waals surface area contributed by atoms with Crippen molar-refractivity contribution >= 4 is 11.5 Å². The van der Waals surface area contributed by atoms with Gasteiger partial charge < -0.3 is 11.1 Å². The molecule has 0 unspecified atom stereocenters. The second kappa shape index (κ2) is 5.59. The SMILES string of the molecule is CO[NH2+]C([N-]c1cc(C)ccc1C)=C1NON=C1N. The number of oxime groups is 1. The summed E-state index contributed by atoms with van der Waals surface area (Å²) in [5.74, 6) is 0.757. The van der Waals surface area contributed by atoms with Gasteiger partial charge in [0.05, 0.1) is 12.9 Å². The zero-order chi connectivity index (χ0) is 13.8. The summed E-state index contributed by atoms with van der Waals surface area (Å²) in [6, 6.07) is 6.04. The number of hydrogen-bond donors (Lipinski definition) is 3. The average molecular weight is 263 g/mol. The van der Waals surface area contributed by atoms with Gasteiger partial charge in [-0.05, 0) is 19.0 Å². The highest BCUT2D eigenvalue weighted by Gasteiger charge is 2.16. The Morgan fingerprint density at radius 2 is 2.26 bits per heavy atom. The molecule has 1 aromatic carbocycles. The van der Waals surface area contributed by atoms with E-state index in [2.05, 4.69) is 16.0 Å². The molecule has 0 atom stereocenters. The number of nitrogens with zero attached hydrogens (tertiary/aromatic N) is 2. The molecule has 0 aliphatic carbocycles. The van der Waals surface area contributed by atoms with Crippen LogP contribution in [0.1, 0.15) is 11.1 Å². The molecule has 5 N–H and O–H groups in total. The van der Waals surface area contributed by atoms with Gasteiger partial charge in [0.2, 0.25) is 0 Å². The number of nitrogens with one attached hydrogen (secondary N) is 1. The molecule has 0 aromatic heterocycles. The zero-order valence-electron chi connectivity index (χ0n) is 11.1. The molecule has 1 aliphatic heterocycles. The van der Waals surface area contributed by atoms with Crippen molar-refractivity contribution in [1.82, 2.24) is 5.48 Å². The first kappa shape index (κ1) is 13.2. The summed E-state index contributed by atoms with van der Waals surface area (Å²) in [5.41, 5.74) is 13.3. The lowest BCUT2D eigenvalue weighted by molar-refractivity contribution is -0.853. The Morgan fingerprint density at radius 1 is 1.47 bits per heavy atom. The largest absolute Gasteiger partial charge is 0.606 e. The van der Waals surface area contributed by atoms with Gasteiger partial charge in [-0.2, -0.15) is 11.0 Å². The third-order valence-electron chi connectivity index (χ3n) is 2.64. The van der Waals surface area contributed by atoms with Crippen molar-refractivity contribution in [2.24, 2.45) is 10.9 Å². The second-order valence-corrected chi connectivity index (χ2v) is 4.19. The molecule has 1 aliphatic rings. The highest BCUT2D eigenvalue weighted by atomic mass is 16.8. The topological polar surface area (TPSA) is 99.6 Å². The summed E-state index contributed by atoms with van der Waals surface area (Å²) in [7, 11) is 1.54. The van der Waals surface area contributed by atoms with Gasteiger partial charge in [0.25, 0.3) is 0 Å². The number of amidine groups is 1. The normalized spacial score (nSPS) is 16.5. The molecule has 0 saturated carbocycles. The summed E-state index contributed by atoms with van der Waals surface area (Å²) in [6.45, 7) is 4.00. The molecule has 1 aromatic rings. The lowest BCUT2D eigenvalue weighted by atomic mass is 10.1. The number of aryl methyl sites for hydroxylation is 2. The van der Waals surface area contributed by atoms with Gasteiger partial charge >= 0.3 is 0 Å². The highest BCUT2D eigenvalue weighted by Crippen LogP contribution is 2.27. The van der Waals surface area contributed by atoms with Crippen LogP contribution in [0, 0.1) is 13.8 Å². The van der Waals surface area contributed by atoms with Crippen LogP contribution in [0.5, 0.6) is 0 Å². The number of hydrogen-bond acceptors (Lipinski definition) is 5. The summed E-state index contributed by atoms with van der Waals surface area (Å²) in [5, 5.41) is 8.13. The Balaban J connectivity index is 2.32. The molecule has 2 rings (SSSR count). The minimum absolute atomic E-state index is 0.234. The number of benzene rings is 1. The van der Waals surface area contributed by atoms with Crippen LogP contribution in [0.2, 0.25) is 0 Å². The minimum Gasteiger partial charge on any atom is -0.606 e. The molecule has 0 spiro atoms. The van der Waals surface area contributed by atoms with E-state index >= 15 is 0 Å². The first-order chi connectivity index (χ1) is 9.11. The maximum atomic E-state index is 5.70. The molecule has 7 nitrogen and oxygen atoms in total. The van der Waals surface area contributed by atoms with Crippen molar-refractivity contribution in [2.75, 3.05) is 7.11 Å². The van der Waals surface area contributed by atoms with E-state index < -0.39 is 0 Å². The zero-order valence-corrected chi connectivity index (χ0v) is 11.1. The van der Waals surface area contributed by atoms with Gasteiger partial charge in [0, 0.05) is 0 Å². The summed E-state index contributed by atoms with van der Waals surface area (Å²) < 4.78 is 0. The molecule has 19 heavy (non-hydrogen) atoms. The van der Waals surface area contributed by atoms with Crippen LogP contribution >= 0.6 is 0 Å². The fraction of sp³-hybridized carbons (Fsp3) is 0.250. The number of hydroxylamine groups is 2. The third kappa shape index (κ3) is 2.95. The van der Waals surface area contributed by atoms with Crippen LogP contribution in [0.15, 0.2) is 34.9 Å². The molecule has 7 heteroatoms. The van der Waals surface area contributed by atoms with Crippen molar-refractivity contribution in [3.63, 3.8) is 0 Å². The first-order valence-corrected chi connectivity index (χ1v) is 5.77. The summed E-state index contributed by atoms with van der Waals surface area (Å²) in [6.07, 6.45) is 0. The van der Waals surface area contributed by atoms with Crippen molar-refractivity contribution in [3.05, 3.63) is 46.2 Å². The molecular weight excluding hydrogens is 246 g/mol. The molecule has 102 valence electrons. The first-order valence-electron chi connectivity index (χ1n) is 5.77. The van der Waals surface area contributed by atoms with Crippen molar-refractivity contribution in [3.8, 4) is 0 Å². The molecule has 0 radical (unpaired) electrons. The van der Waals surface area contributed by atoms with E-state index in [1.807, 2.05) is 32.0 Å². The highest BCUT2D eigenvalue weighted by molar-refractivity contribution is 5.97. The standard InChI is InChI=1S/C12H16N5O2/c1-7-4-5-8(2)9(6-7)14-12(17-18-3)10-11(13)16-19-15-10/h4-6,15,17H,1-3H3,(H2,13,16)/q-1/p+1. The van der Waals surface area contributed by atoms with Crippen LogP contribution < -0.4 is 16.7 Å². The molecule has 0 fully saturated rings. The summed E-state index contributed by atoms with van der Waals surface area (Å²) >= 11 is 0. The van der Waals surface area contributed by atoms with E-state index in [1.54, 1.807) is 7.11 Å². The quantitative estimate of drug-likeness (QED) is 0.685. The maximum Gasteiger partial charge on any atom is 0.197 e. The minimum atomic E-state index is 0.234. The second-order valence-electron chi connectivity index (χ2n) is 4.19. The summed E-state index contributed by atoms with van der Waals surface area (Å²) in [4.78, 5) is 9.73. The smallest absolute Gasteiger partial charge is 0.197 e. The Bertz CT molecular complexity index is 539. The Labute approximate surface area is 111 Å². The van der Waals surface area contributed by atoms with Gasteiger partial charge in [-0.25, -0.2) is 4.84 Å². The van der Waals surface area contributed by atoms with Crippen LogP contribution in [0.25, 0.3) is 5.32 Å². The number of nitrogens with two attached hydrogens (primary N) is 2. The van der Waals surface area contributed by atoms with E-state index in [0.717, 1.165) is 16.8 Å². The lowest BCUT2D eigenvalue weighted by Crippen LogP contribution is -2.80. The van der Waals surface area contributed by atoms with E-state index in [-0.39, 0.29) is 5.84 Å². The van der Waals surface area contributed by atoms with Gasteiger partial charge in [-0.3, -0.25) is 4.94 Å². The Morgan fingerprint density at radius 3 is 2.89 bits per heavy atom. The van der Waals surface area contributed by atoms with E-state index in [1.165, 1.54) is 5.48 Å². The van der Waals surface area contributed by atoms with Gasteiger partial charge in [-0.1, -0.05) is 29.3 Å². The molecule has 0 saturated heterocycles. The fourth-order valence-corrected chi connectivity index (χ4v) is 1.62. The predicted octanol–water partition coefficient (Wildman–Crippen LogP) is 0.410. The maximum absolute atomic E-state index is 5.70. The van der Waals surface area contributed by atoms with Crippen LogP contribution in [0.3, 0.4) is 0 Å². The Kier molecular flexibility index (Phi) is 3.88. The molecule has 1 heterocycles. The van der Waals surface area contributed by atoms with Crippen LogP contribution in [0.4, 0.5) is 5.69 Å². The fourth-order valence-electron chi connectivity index (χ4n) is 1.62. The molecular formula is C12H17N5O2. The number of quaternary nitrogens is 1. The van der Waals surface area contributed by atoms with E-state index in [4.69, 9.17) is 15.5 Å². The van der Waals surface area contributed by atoms with Crippen molar-refractivity contribution in [2.45, 2.75) is 13.8 Å². The lowest BCUT2D eigenvalue weighted by Gasteiger charge is -2.25. The van der Waals surface area contributed by atoms with E-state index in [0.29, 0.717) is 11.5 Å². The van der Waals surface area contributed by atoms with Crippen LogP contribution in [-0.4, -0.2) is 12.9 Å². The predicted molar refractivity (Wildman–Crippen MR) is 70.7 cm³/mol. The van der Waals surface area contributed by atoms with Crippen LogP contribution in [-0.2, 0) is 9.78 Å². The monoisotopic (exact) mass is 263 g/mol. The molecule has 0 amide bonds. The Hall–Kier alpha value is -2.25. The van der Waals surface area contributed by atoms with Crippen molar-refractivity contribution < 1.29 is 15.3 Å².